The van der Waals surface area contributed by atoms with Gasteiger partial charge in [-0.2, -0.15) is 0 Å². The zero-order chi connectivity index (χ0) is 10.7. The van der Waals surface area contributed by atoms with Crippen LogP contribution in [-0.2, 0) is 6.54 Å². The summed E-state index contributed by atoms with van der Waals surface area (Å²) < 4.78 is 1.00. The number of H-pyrrole nitrogens is 1. The topological polar surface area (TPSA) is 44.9 Å². The van der Waals surface area contributed by atoms with Gasteiger partial charge in [0, 0.05) is 22.5 Å². The summed E-state index contributed by atoms with van der Waals surface area (Å²) in [6.07, 6.45) is 3.72. The van der Waals surface area contributed by atoms with Gasteiger partial charge < -0.3 is 10.3 Å². The van der Waals surface area contributed by atoms with Crippen LogP contribution in [0.3, 0.4) is 0 Å². The van der Waals surface area contributed by atoms with Gasteiger partial charge in [0.25, 0.3) is 5.91 Å². The lowest BCUT2D eigenvalue weighted by Gasteiger charge is -2.01. The summed E-state index contributed by atoms with van der Waals surface area (Å²) in [5.74, 6) is -0.00407. The number of thiophene rings is 1. The van der Waals surface area contributed by atoms with E-state index in [9.17, 15) is 4.79 Å². The average Bonchev–Trinajstić information content (AvgIpc) is 2.84. The van der Waals surface area contributed by atoms with E-state index in [1.807, 2.05) is 29.9 Å². The van der Waals surface area contributed by atoms with Gasteiger partial charge in [-0.15, -0.1) is 11.3 Å². The van der Waals surface area contributed by atoms with Gasteiger partial charge in [-0.3, -0.25) is 4.79 Å². The molecule has 0 saturated heterocycles. The summed E-state index contributed by atoms with van der Waals surface area (Å²) in [5, 5.41) is 4.80. The maximum absolute atomic E-state index is 11.7. The average molecular weight is 332 g/mol. The molecule has 0 saturated carbocycles. The number of aromatic nitrogens is 1. The van der Waals surface area contributed by atoms with E-state index in [1.165, 1.54) is 11.3 Å². The summed E-state index contributed by atoms with van der Waals surface area (Å²) in [6.45, 7) is 0.566. The van der Waals surface area contributed by atoms with Crippen LogP contribution in [0.2, 0.25) is 0 Å². The standard InChI is InChI=1S/C10H9IN2OS/c11-8-2-4-15-9(8)10(14)13-6-7-1-3-12-5-7/h1-5,12H,6H2,(H,13,14). The number of aromatic amines is 1. The zero-order valence-corrected chi connectivity index (χ0v) is 10.8. The van der Waals surface area contributed by atoms with E-state index in [0.717, 1.165) is 14.0 Å². The molecule has 0 atom stereocenters. The Kier molecular flexibility index (Phi) is 3.42. The summed E-state index contributed by atoms with van der Waals surface area (Å²) in [5.41, 5.74) is 1.08. The molecule has 0 aromatic carbocycles. The molecule has 15 heavy (non-hydrogen) atoms. The monoisotopic (exact) mass is 332 g/mol. The molecule has 2 N–H and O–H groups in total. The van der Waals surface area contributed by atoms with Gasteiger partial charge in [0.1, 0.15) is 4.88 Å². The van der Waals surface area contributed by atoms with E-state index in [0.29, 0.717) is 6.54 Å². The van der Waals surface area contributed by atoms with Gasteiger partial charge >= 0.3 is 0 Å². The molecule has 0 bridgehead atoms. The molecule has 3 nitrogen and oxygen atoms in total. The number of carbonyl (C=O) groups is 1. The first-order valence-corrected chi connectivity index (χ1v) is 6.36. The summed E-state index contributed by atoms with van der Waals surface area (Å²) in [6, 6.07) is 3.89. The molecule has 2 aromatic heterocycles. The van der Waals surface area contributed by atoms with Crippen LogP contribution in [0.5, 0.6) is 0 Å². The van der Waals surface area contributed by atoms with Crippen molar-refractivity contribution in [3.8, 4) is 0 Å². The highest BCUT2D eigenvalue weighted by Gasteiger charge is 2.10. The van der Waals surface area contributed by atoms with Crippen molar-refractivity contribution in [1.29, 1.82) is 0 Å². The molecule has 0 aliphatic rings. The Morgan fingerprint density at radius 1 is 1.53 bits per heavy atom. The highest BCUT2D eigenvalue weighted by Crippen LogP contribution is 2.18. The van der Waals surface area contributed by atoms with Gasteiger partial charge in [0.15, 0.2) is 0 Å². The number of hydrogen-bond acceptors (Lipinski definition) is 2. The SMILES string of the molecule is O=C(NCc1cc[nH]c1)c1sccc1I. The number of nitrogens with one attached hydrogen (secondary N) is 2. The first-order valence-electron chi connectivity index (χ1n) is 4.40. The third kappa shape index (κ3) is 2.60. The number of carbonyl (C=O) groups excluding carboxylic acids is 1. The lowest BCUT2D eigenvalue weighted by atomic mass is 10.3. The highest BCUT2D eigenvalue weighted by atomic mass is 127. The molecule has 0 aliphatic carbocycles. The van der Waals surface area contributed by atoms with Crippen molar-refractivity contribution in [2.75, 3.05) is 0 Å². The van der Waals surface area contributed by atoms with E-state index < -0.39 is 0 Å². The molecule has 1 amide bonds. The van der Waals surface area contributed by atoms with E-state index >= 15 is 0 Å². The van der Waals surface area contributed by atoms with Crippen molar-refractivity contribution in [1.82, 2.24) is 10.3 Å². The molecule has 2 rings (SSSR count). The number of hydrogen-bond donors (Lipinski definition) is 2. The predicted octanol–water partition coefficient (Wildman–Crippen LogP) is 2.61. The van der Waals surface area contributed by atoms with E-state index in [-0.39, 0.29) is 5.91 Å². The Labute approximate surface area is 105 Å². The summed E-state index contributed by atoms with van der Waals surface area (Å²) in [4.78, 5) is 15.4. The Morgan fingerprint density at radius 3 is 3.00 bits per heavy atom. The number of amides is 1. The second-order valence-electron chi connectivity index (χ2n) is 3.00. The molecular weight excluding hydrogens is 323 g/mol. The molecule has 78 valence electrons. The first kappa shape index (κ1) is 10.7. The van der Waals surface area contributed by atoms with E-state index in [2.05, 4.69) is 32.9 Å². The maximum Gasteiger partial charge on any atom is 0.262 e. The lowest BCUT2D eigenvalue weighted by Crippen LogP contribution is -2.22. The predicted molar refractivity (Wildman–Crippen MR) is 69.0 cm³/mol. The minimum atomic E-state index is -0.00407. The van der Waals surface area contributed by atoms with Gasteiger partial charge in [0.2, 0.25) is 0 Å². The van der Waals surface area contributed by atoms with Crippen LogP contribution in [0.4, 0.5) is 0 Å². The third-order valence-electron chi connectivity index (χ3n) is 1.94. The van der Waals surface area contributed by atoms with Crippen molar-refractivity contribution in [3.63, 3.8) is 0 Å². The second-order valence-corrected chi connectivity index (χ2v) is 5.08. The quantitative estimate of drug-likeness (QED) is 0.834. The Bertz CT molecular complexity index is 450. The minimum absolute atomic E-state index is 0.00407. The minimum Gasteiger partial charge on any atom is -0.367 e. The number of rotatable bonds is 3. The van der Waals surface area contributed by atoms with Crippen molar-refractivity contribution in [2.24, 2.45) is 0 Å². The van der Waals surface area contributed by atoms with Crippen LogP contribution in [0.1, 0.15) is 15.2 Å². The Balaban J connectivity index is 1.96. The van der Waals surface area contributed by atoms with Crippen LogP contribution in [0.25, 0.3) is 0 Å². The fourth-order valence-electron chi connectivity index (χ4n) is 1.19. The lowest BCUT2D eigenvalue weighted by molar-refractivity contribution is 0.0954. The molecule has 0 fully saturated rings. The fourth-order valence-corrected chi connectivity index (χ4v) is 2.94. The van der Waals surface area contributed by atoms with Gasteiger partial charge in [0.05, 0.1) is 0 Å². The van der Waals surface area contributed by atoms with Crippen molar-refractivity contribution >= 4 is 39.8 Å². The maximum atomic E-state index is 11.7. The fraction of sp³-hybridized carbons (Fsp3) is 0.100. The highest BCUT2D eigenvalue weighted by molar-refractivity contribution is 14.1. The largest absolute Gasteiger partial charge is 0.367 e. The van der Waals surface area contributed by atoms with Crippen LogP contribution in [0, 0.1) is 3.57 Å². The molecule has 0 spiro atoms. The molecule has 5 heteroatoms. The van der Waals surface area contributed by atoms with Crippen molar-refractivity contribution < 1.29 is 4.79 Å². The normalized spacial score (nSPS) is 10.2. The van der Waals surface area contributed by atoms with Crippen LogP contribution in [-0.4, -0.2) is 10.9 Å². The number of halogens is 1. The van der Waals surface area contributed by atoms with Crippen LogP contribution >= 0.6 is 33.9 Å². The summed E-state index contributed by atoms with van der Waals surface area (Å²) >= 11 is 3.63. The second kappa shape index (κ2) is 4.80. The van der Waals surface area contributed by atoms with Gasteiger partial charge in [-0.25, -0.2) is 0 Å². The Hall–Kier alpha value is -0.820. The van der Waals surface area contributed by atoms with E-state index in [4.69, 9.17) is 0 Å². The zero-order valence-electron chi connectivity index (χ0n) is 7.79. The molecular formula is C10H9IN2OS. The molecule has 0 unspecified atom stereocenters. The van der Waals surface area contributed by atoms with E-state index in [1.54, 1.807) is 0 Å². The van der Waals surface area contributed by atoms with Crippen molar-refractivity contribution in [3.05, 3.63) is 43.9 Å². The smallest absolute Gasteiger partial charge is 0.262 e. The van der Waals surface area contributed by atoms with Gasteiger partial charge in [-0.05, 0) is 45.7 Å². The van der Waals surface area contributed by atoms with Crippen LogP contribution < -0.4 is 5.32 Å². The third-order valence-corrected chi connectivity index (χ3v) is 4.12. The first-order chi connectivity index (χ1) is 7.27. The summed E-state index contributed by atoms with van der Waals surface area (Å²) in [7, 11) is 0. The van der Waals surface area contributed by atoms with Crippen LogP contribution in [0.15, 0.2) is 29.9 Å². The van der Waals surface area contributed by atoms with Gasteiger partial charge in [-0.1, -0.05) is 0 Å². The molecule has 0 radical (unpaired) electrons. The Morgan fingerprint density at radius 2 is 2.40 bits per heavy atom. The molecule has 2 heterocycles. The molecule has 2 aromatic rings. The van der Waals surface area contributed by atoms with Crippen molar-refractivity contribution in [2.45, 2.75) is 6.54 Å². The molecule has 0 aliphatic heterocycles.